The summed E-state index contributed by atoms with van der Waals surface area (Å²) in [4.78, 5) is 4.47. The van der Waals surface area contributed by atoms with Crippen LogP contribution in [0, 0.1) is 0 Å². The number of aromatic nitrogens is 2. The van der Waals surface area contributed by atoms with Crippen molar-refractivity contribution in [1.29, 1.82) is 0 Å². The number of nitrogens with one attached hydrogen (secondary N) is 1. The van der Waals surface area contributed by atoms with E-state index in [0.717, 1.165) is 12.2 Å². The van der Waals surface area contributed by atoms with Gasteiger partial charge in [-0.2, -0.15) is 4.98 Å². The van der Waals surface area contributed by atoms with Gasteiger partial charge >= 0.3 is 0 Å². The summed E-state index contributed by atoms with van der Waals surface area (Å²) in [5.41, 5.74) is 0.880. The highest BCUT2D eigenvalue weighted by Gasteiger charge is 2.45. The van der Waals surface area contributed by atoms with Crippen LogP contribution in [0.2, 0.25) is 0 Å². The van der Waals surface area contributed by atoms with Gasteiger partial charge in [0.05, 0.1) is 17.7 Å². The average Bonchev–Trinajstić information content (AvgIpc) is 2.98. The summed E-state index contributed by atoms with van der Waals surface area (Å²) in [6, 6.07) is 10.4. The highest BCUT2D eigenvalue weighted by Crippen LogP contribution is 2.37. The first-order chi connectivity index (χ1) is 10.8. The molecule has 1 aromatic carbocycles. The molecule has 1 unspecified atom stereocenters. The van der Waals surface area contributed by atoms with Crippen molar-refractivity contribution in [1.82, 2.24) is 15.5 Å². The molecule has 1 atom stereocenters. The fraction of sp³-hybridized carbons (Fsp3) is 0.556. The number of benzene rings is 1. The van der Waals surface area contributed by atoms with Gasteiger partial charge in [0.1, 0.15) is 0 Å². The van der Waals surface area contributed by atoms with Gasteiger partial charge in [0.15, 0.2) is 5.82 Å². The Labute approximate surface area is 137 Å². The van der Waals surface area contributed by atoms with Gasteiger partial charge in [-0.15, -0.1) is 0 Å². The number of hydrogen-bond donors (Lipinski definition) is 1. The zero-order valence-electron chi connectivity index (χ0n) is 14.3. The molecule has 0 amide bonds. The summed E-state index contributed by atoms with van der Waals surface area (Å²) >= 11 is 0. The van der Waals surface area contributed by atoms with Crippen LogP contribution in [0.15, 0.2) is 34.9 Å². The largest absolute Gasteiger partial charge is 0.368 e. The third kappa shape index (κ3) is 3.98. The van der Waals surface area contributed by atoms with E-state index in [9.17, 15) is 0 Å². The lowest BCUT2D eigenvalue weighted by atomic mass is 9.94. The predicted molar refractivity (Wildman–Crippen MR) is 88.0 cm³/mol. The predicted octanol–water partition coefficient (Wildman–Crippen LogP) is 3.10. The van der Waals surface area contributed by atoms with Gasteiger partial charge in [0, 0.05) is 12.5 Å². The molecule has 1 aromatic heterocycles. The number of rotatable bonds is 5. The minimum absolute atomic E-state index is 0.103. The summed E-state index contributed by atoms with van der Waals surface area (Å²) in [6.07, 6.45) is 1.65. The molecule has 0 saturated carbocycles. The molecule has 0 aliphatic carbocycles. The number of nitrogens with zero attached hydrogens (tertiary/aromatic N) is 2. The third-order valence-electron chi connectivity index (χ3n) is 4.29. The highest BCUT2D eigenvalue weighted by atomic mass is 16.5. The van der Waals surface area contributed by atoms with Crippen LogP contribution in [0.25, 0.3) is 0 Å². The summed E-state index contributed by atoms with van der Waals surface area (Å²) in [5, 5.41) is 7.56. The lowest BCUT2D eigenvalue weighted by Crippen LogP contribution is -2.43. The number of hydrogen-bond acceptors (Lipinski definition) is 5. The van der Waals surface area contributed by atoms with Gasteiger partial charge < -0.3 is 14.6 Å². The van der Waals surface area contributed by atoms with E-state index >= 15 is 0 Å². The Kier molecular flexibility index (Phi) is 4.25. The molecular formula is C18H25N3O2. The van der Waals surface area contributed by atoms with Gasteiger partial charge in [0.2, 0.25) is 5.89 Å². The van der Waals surface area contributed by atoms with Crippen LogP contribution >= 0.6 is 0 Å². The quantitative estimate of drug-likeness (QED) is 0.918. The second kappa shape index (κ2) is 6.06. The lowest BCUT2D eigenvalue weighted by Gasteiger charge is -2.27. The van der Waals surface area contributed by atoms with Crippen LogP contribution in [0.4, 0.5) is 0 Å². The second-order valence-electron chi connectivity index (χ2n) is 7.37. The van der Waals surface area contributed by atoms with E-state index in [0.29, 0.717) is 18.9 Å². The van der Waals surface area contributed by atoms with Gasteiger partial charge in [0.25, 0.3) is 0 Å². The number of ether oxygens (including phenoxy) is 1. The molecule has 0 bridgehead atoms. The monoisotopic (exact) mass is 315 g/mol. The van der Waals surface area contributed by atoms with Crippen molar-refractivity contribution in [2.24, 2.45) is 0 Å². The fourth-order valence-corrected chi connectivity index (χ4v) is 3.30. The topological polar surface area (TPSA) is 60.2 Å². The third-order valence-corrected chi connectivity index (χ3v) is 4.29. The van der Waals surface area contributed by atoms with Crippen LogP contribution in [0.1, 0.15) is 51.4 Å². The summed E-state index contributed by atoms with van der Waals surface area (Å²) in [5.74, 6) is 1.34. The second-order valence-corrected chi connectivity index (χ2v) is 7.37. The van der Waals surface area contributed by atoms with E-state index < -0.39 is 0 Å². The summed E-state index contributed by atoms with van der Waals surface area (Å²) in [7, 11) is 0. The SMILES string of the molecule is CC1(C)CC(NCc2nc(Cc3ccccc3)no2)C(C)(C)O1. The summed E-state index contributed by atoms with van der Waals surface area (Å²) < 4.78 is 11.4. The molecule has 124 valence electrons. The Hall–Kier alpha value is -1.72. The Balaban J connectivity index is 1.57. The Bertz CT molecular complexity index is 649. The molecule has 2 heterocycles. The minimum atomic E-state index is -0.198. The molecule has 0 spiro atoms. The van der Waals surface area contributed by atoms with Crippen molar-refractivity contribution >= 4 is 0 Å². The van der Waals surface area contributed by atoms with Gasteiger partial charge in [-0.3, -0.25) is 0 Å². The zero-order valence-corrected chi connectivity index (χ0v) is 14.3. The van der Waals surface area contributed by atoms with Crippen molar-refractivity contribution in [2.45, 2.75) is 64.3 Å². The molecule has 1 N–H and O–H groups in total. The molecule has 23 heavy (non-hydrogen) atoms. The molecule has 2 aromatic rings. The van der Waals surface area contributed by atoms with Crippen molar-refractivity contribution in [3.8, 4) is 0 Å². The van der Waals surface area contributed by atoms with Crippen molar-refractivity contribution < 1.29 is 9.26 Å². The van der Waals surface area contributed by atoms with Gasteiger partial charge in [-0.25, -0.2) is 0 Å². The maximum Gasteiger partial charge on any atom is 0.240 e. The first-order valence-electron chi connectivity index (χ1n) is 8.13. The average molecular weight is 315 g/mol. The lowest BCUT2D eigenvalue weighted by molar-refractivity contribution is -0.0700. The van der Waals surface area contributed by atoms with Crippen LogP contribution < -0.4 is 5.32 Å². The van der Waals surface area contributed by atoms with Crippen molar-refractivity contribution in [3.05, 3.63) is 47.6 Å². The molecule has 0 radical (unpaired) electrons. The van der Waals surface area contributed by atoms with E-state index in [1.165, 1.54) is 5.56 Å². The molecular weight excluding hydrogens is 290 g/mol. The van der Waals surface area contributed by atoms with Crippen molar-refractivity contribution in [3.63, 3.8) is 0 Å². The highest BCUT2D eigenvalue weighted by molar-refractivity contribution is 5.18. The first kappa shape index (κ1) is 16.1. The molecule has 3 rings (SSSR count). The normalized spacial score (nSPS) is 22.3. The van der Waals surface area contributed by atoms with E-state index in [-0.39, 0.29) is 17.2 Å². The van der Waals surface area contributed by atoms with E-state index in [4.69, 9.17) is 9.26 Å². The Morgan fingerprint density at radius 3 is 2.57 bits per heavy atom. The molecule has 1 saturated heterocycles. The van der Waals surface area contributed by atoms with Gasteiger partial charge in [-0.05, 0) is 39.7 Å². The molecule has 5 heteroatoms. The fourth-order valence-electron chi connectivity index (χ4n) is 3.30. The Morgan fingerprint density at radius 2 is 1.91 bits per heavy atom. The standard InChI is InChI=1S/C18H25N3O2/c1-17(2)11-14(18(3,4)23-17)19-12-16-20-15(21-22-16)10-13-8-6-5-7-9-13/h5-9,14,19H,10-12H2,1-4H3. The first-order valence-corrected chi connectivity index (χ1v) is 8.13. The Morgan fingerprint density at radius 1 is 1.17 bits per heavy atom. The van der Waals surface area contributed by atoms with Crippen LogP contribution in [0.5, 0.6) is 0 Å². The van der Waals surface area contributed by atoms with Crippen molar-refractivity contribution in [2.75, 3.05) is 0 Å². The van der Waals surface area contributed by atoms with E-state index in [1.54, 1.807) is 0 Å². The molecule has 1 aliphatic rings. The summed E-state index contributed by atoms with van der Waals surface area (Å²) in [6.45, 7) is 9.06. The molecule has 1 fully saturated rings. The van der Waals surface area contributed by atoms with E-state index in [2.05, 4.69) is 55.3 Å². The van der Waals surface area contributed by atoms with Crippen LogP contribution in [-0.4, -0.2) is 27.4 Å². The van der Waals surface area contributed by atoms with Gasteiger partial charge in [-0.1, -0.05) is 35.5 Å². The smallest absolute Gasteiger partial charge is 0.240 e. The zero-order chi connectivity index (χ0) is 16.5. The van der Waals surface area contributed by atoms with Crippen LogP contribution in [-0.2, 0) is 17.7 Å². The maximum absolute atomic E-state index is 6.09. The minimum Gasteiger partial charge on any atom is -0.368 e. The van der Waals surface area contributed by atoms with E-state index in [1.807, 2.05) is 18.2 Å². The molecule has 1 aliphatic heterocycles. The molecule has 5 nitrogen and oxygen atoms in total. The van der Waals surface area contributed by atoms with Crippen LogP contribution in [0.3, 0.4) is 0 Å². The maximum atomic E-state index is 6.09.